The third-order valence-corrected chi connectivity index (χ3v) is 5.63. The maximum atomic E-state index is 13.1. The zero-order valence-corrected chi connectivity index (χ0v) is 17.6. The Morgan fingerprint density at radius 2 is 2.00 bits per heavy atom. The zero-order chi connectivity index (χ0) is 20.8. The predicted octanol–water partition coefficient (Wildman–Crippen LogP) is 2.84. The number of amides is 1. The molecule has 4 heterocycles. The number of aryl methyl sites for hydroxylation is 2. The fraction of sp³-hybridized carbons (Fsp3) is 0.286. The van der Waals surface area contributed by atoms with Crippen molar-refractivity contribution < 1.29 is 4.79 Å². The van der Waals surface area contributed by atoms with Crippen LogP contribution in [-0.4, -0.2) is 51.3 Å². The number of nitrogens with zero attached hydrogens (tertiary/aromatic N) is 5. The van der Waals surface area contributed by atoms with Crippen molar-refractivity contribution in [1.82, 2.24) is 24.5 Å². The van der Waals surface area contributed by atoms with Gasteiger partial charge in [-0.3, -0.25) is 9.48 Å². The highest BCUT2D eigenvalue weighted by Gasteiger charge is 2.20. The number of anilines is 2. The molecule has 0 aliphatic carbocycles. The number of nitrogens with one attached hydrogen (secondary N) is 2. The Morgan fingerprint density at radius 1 is 1.20 bits per heavy atom. The normalized spacial score (nSPS) is 14.6. The summed E-state index contributed by atoms with van der Waals surface area (Å²) in [5, 5.41) is 12.4. The number of aromatic nitrogens is 4. The van der Waals surface area contributed by atoms with Crippen LogP contribution < -0.4 is 15.5 Å². The molecule has 2 N–H and O–H groups in total. The van der Waals surface area contributed by atoms with Gasteiger partial charge in [-0.15, -0.1) is 0 Å². The summed E-state index contributed by atoms with van der Waals surface area (Å²) in [4.78, 5) is 19.8. The van der Waals surface area contributed by atoms with E-state index in [-0.39, 0.29) is 5.91 Å². The number of piperazine rings is 1. The van der Waals surface area contributed by atoms with E-state index in [0.29, 0.717) is 27.4 Å². The van der Waals surface area contributed by atoms with E-state index in [2.05, 4.69) is 25.6 Å². The first-order chi connectivity index (χ1) is 14.5. The number of hydrogen-bond donors (Lipinski definition) is 2. The van der Waals surface area contributed by atoms with E-state index in [1.54, 1.807) is 10.7 Å². The number of rotatable bonds is 3. The first-order valence-electron chi connectivity index (χ1n) is 9.88. The SMILES string of the molecule is Cc1cn2cc(NC(=O)c3ccc(N4CCNCC4)c4cn(C)nc34)cc(Cl)c2n1. The molecule has 1 amide bonds. The lowest BCUT2D eigenvalue weighted by Gasteiger charge is -2.30. The van der Waals surface area contributed by atoms with Gasteiger partial charge in [0.2, 0.25) is 0 Å². The molecule has 1 aromatic carbocycles. The molecule has 0 atom stereocenters. The number of hydrogen-bond acceptors (Lipinski definition) is 5. The van der Waals surface area contributed by atoms with Gasteiger partial charge < -0.3 is 19.9 Å². The van der Waals surface area contributed by atoms with Crippen LogP contribution in [0.25, 0.3) is 16.6 Å². The van der Waals surface area contributed by atoms with Crippen molar-refractivity contribution in [2.75, 3.05) is 36.4 Å². The topological polar surface area (TPSA) is 79.5 Å². The molecular weight excluding hydrogens is 402 g/mol. The van der Waals surface area contributed by atoms with Crippen LogP contribution in [0.1, 0.15) is 16.1 Å². The number of halogens is 1. The molecule has 4 aromatic rings. The quantitative estimate of drug-likeness (QED) is 0.529. The van der Waals surface area contributed by atoms with Gasteiger partial charge in [-0.1, -0.05) is 11.6 Å². The number of carbonyl (C=O) groups excluding carboxylic acids is 1. The van der Waals surface area contributed by atoms with Crippen molar-refractivity contribution in [1.29, 1.82) is 0 Å². The number of imidazole rings is 1. The van der Waals surface area contributed by atoms with Crippen LogP contribution in [0, 0.1) is 6.92 Å². The van der Waals surface area contributed by atoms with Crippen LogP contribution >= 0.6 is 11.6 Å². The van der Waals surface area contributed by atoms with E-state index in [1.807, 2.05) is 49.1 Å². The van der Waals surface area contributed by atoms with Crippen LogP contribution in [0.4, 0.5) is 11.4 Å². The molecule has 30 heavy (non-hydrogen) atoms. The predicted molar refractivity (Wildman–Crippen MR) is 119 cm³/mol. The fourth-order valence-corrected chi connectivity index (χ4v) is 4.27. The molecule has 9 heteroatoms. The summed E-state index contributed by atoms with van der Waals surface area (Å²) in [6, 6.07) is 5.58. The first kappa shape index (κ1) is 18.9. The molecule has 5 rings (SSSR count). The van der Waals surface area contributed by atoms with Gasteiger partial charge >= 0.3 is 0 Å². The van der Waals surface area contributed by atoms with E-state index in [4.69, 9.17) is 11.6 Å². The van der Waals surface area contributed by atoms with Crippen LogP contribution in [0.3, 0.4) is 0 Å². The Balaban J connectivity index is 1.51. The highest BCUT2D eigenvalue weighted by molar-refractivity contribution is 6.33. The van der Waals surface area contributed by atoms with Gasteiger partial charge in [0.05, 0.1) is 22.0 Å². The number of pyridine rings is 1. The smallest absolute Gasteiger partial charge is 0.257 e. The van der Waals surface area contributed by atoms with E-state index < -0.39 is 0 Å². The van der Waals surface area contributed by atoms with E-state index >= 15 is 0 Å². The minimum atomic E-state index is -0.224. The molecule has 154 valence electrons. The second kappa shape index (κ2) is 7.30. The van der Waals surface area contributed by atoms with Gasteiger partial charge in [-0.25, -0.2) is 4.98 Å². The second-order valence-electron chi connectivity index (χ2n) is 7.58. The Bertz CT molecular complexity index is 1270. The second-order valence-corrected chi connectivity index (χ2v) is 7.99. The summed E-state index contributed by atoms with van der Waals surface area (Å²) < 4.78 is 3.57. The lowest BCUT2D eigenvalue weighted by atomic mass is 10.1. The lowest BCUT2D eigenvalue weighted by Crippen LogP contribution is -2.43. The molecule has 1 aliphatic rings. The summed E-state index contributed by atoms with van der Waals surface area (Å²) in [5.41, 5.74) is 4.46. The molecule has 3 aromatic heterocycles. The summed E-state index contributed by atoms with van der Waals surface area (Å²) in [6.07, 6.45) is 5.65. The van der Waals surface area contributed by atoms with Gasteiger partial charge in [-0.05, 0) is 25.1 Å². The minimum absolute atomic E-state index is 0.224. The van der Waals surface area contributed by atoms with Gasteiger partial charge in [0.1, 0.15) is 5.52 Å². The van der Waals surface area contributed by atoms with Crippen molar-refractivity contribution in [3.05, 3.63) is 53.1 Å². The molecule has 0 spiro atoms. The molecule has 0 unspecified atom stereocenters. The van der Waals surface area contributed by atoms with Gasteiger partial charge in [-0.2, -0.15) is 5.10 Å². The standard InChI is InChI=1S/C21H22ClN7O/c1-13-10-29-11-14(9-17(22)20(29)24-13)25-21(30)15-3-4-18(28-7-5-23-6-8-28)16-12-27(2)26-19(15)16/h3-4,9-12,23H,5-8H2,1-2H3,(H,25,30). The summed E-state index contributed by atoms with van der Waals surface area (Å²) in [5.74, 6) is -0.224. The van der Waals surface area contributed by atoms with E-state index in [1.165, 1.54) is 0 Å². The number of carbonyl (C=O) groups is 1. The minimum Gasteiger partial charge on any atom is -0.368 e. The molecule has 8 nitrogen and oxygen atoms in total. The van der Waals surface area contributed by atoms with Gasteiger partial charge in [0.25, 0.3) is 5.91 Å². The van der Waals surface area contributed by atoms with Crippen LogP contribution in [0.5, 0.6) is 0 Å². The van der Waals surface area contributed by atoms with E-state index in [0.717, 1.165) is 42.9 Å². The van der Waals surface area contributed by atoms with Crippen molar-refractivity contribution in [2.45, 2.75) is 6.92 Å². The van der Waals surface area contributed by atoms with Crippen molar-refractivity contribution in [3.63, 3.8) is 0 Å². The van der Waals surface area contributed by atoms with Crippen LogP contribution in [-0.2, 0) is 7.05 Å². The third kappa shape index (κ3) is 3.28. The van der Waals surface area contributed by atoms with E-state index in [9.17, 15) is 4.79 Å². The average Bonchev–Trinajstić information content (AvgIpc) is 3.29. The summed E-state index contributed by atoms with van der Waals surface area (Å²) >= 11 is 6.35. The highest BCUT2D eigenvalue weighted by Crippen LogP contribution is 2.30. The molecule has 1 saturated heterocycles. The van der Waals surface area contributed by atoms with Crippen molar-refractivity contribution in [2.24, 2.45) is 7.05 Å². The largest absolute Gasteiger partial charge is 0.368 e. The molecule has 1 fully saturated rings. The maximum absolute atomic E-state index is 13.1. The van der Waals surface area contributed by atoms with Crippen molar-refractivity contribution in [3.8, 4) is 0 Å². The average molecular weight is 424 g/mol. The highest BCUT2D eigenvalue weighted by atomic mass is 35.5. The van der Waals surface area contributed by atoms with Crippen LogP contribution in [0.15, 0.2) is 36.8 Å². The molecular formula is C21H22ClN7O. The third-order valence-electron chi connectivity index (χ3n) is 5.35. The van der Waals surface area contributed by atoms with Crippen molar-refractivity contribution >= 4 is 45.4 Å². The lowest BCUT2D eigenvalue weighted by molar-refractivity contribution is 0.102. The monoisotopic (exact) mass is 423 g/mol. The maximum Gasteiger partial charge on any atom is 0.257 e. The first-order valence-corrected chi connectivity index (χ1v) is 10.3. The Morgan fingerprint density at radius 3 is 2.80 bits per heavy atom. The zero-order valence-electron chi connectivity index (χ0n) is 16.8. The number of benzene rings is 1. The summed E-state index contributed by atoms with van der Waals surface area (Å²) in [6.45, 7) is 5.65. The van der Waals surface area contributed by atoms with Crippen LogP contribution in [0.2, 0.25) is 5.02 Å². The number of fused-ring (bicyclic) bond motifs is 2. The Labute approximate surface area is 178 Å². The molecule has 0 bridgehead atoms. The Hall–Kier alpha value is -3.10. The Kier molecular flexibility index (Phi) is 4.60. The van der Waals surface area contributed by atoms with Gasteiger partial charge in [0.15, 0.2) is 5.65 Å². The fourth-order valence-electron chi connectivity index (χ4n) is 4.02. The molecule has 0 saturated carbocycles. The summed E-state index contributed by atoms with van der Waals surface area (Å²) in [7, 11) is 1.87. The van der Waals surface area contributed by atoms with Gasteiger partial charge in [0, 0.05) is 62.9 Å². The molecule has 0 radical (unpaired) electrons. The molecule has 1 aliphatic heterocycles.